The lowest BCUT2D eigenvalue weighted by Gasteiger charge is -2.24. The van der Waals surface area contributed by atoms with Crippen molar-refractivity contribution in [3.05, 3.63) is 0 Å². The molecule has 15 heavy (non-hydrogen) atoms. The molecule has 0 aromatic rings. The highest BCUT2D eigenvalue weighted by Gasteiger charge is 2.47. The second-order valence-electron chi connectivity index (χ2n) is 4.53. The maximum Gasteiger partial charge on any atom is 0.411 e. The van der Waals surface area contributed by atoms with Gasteiger partial charge in [0, 0.05) is 0 Å². The summed E-state index contributed by atoms with van der Waals surface area (Å²) >= 11 is 0. The van der Waals surface area contributed by atoms with Crippen molar-refractivity contribution in [2.45, 2.75) is 44.2 Å². The average molecular weight is 213 g/mol. The van der Waals surface area contributed by atoms with Crippen LogP contribution in [0.4, 0.5) is 4.79 Å². The van der Waals surface area contributed by atoms with Gasteiger partial charge in [0.25, 0.3) is 0 Å². The summed E-state index contributed by atoms with van der Waals surface area (Å²) in [6.45, 7) is 2.20. The topological polar surface area (TPSA) is 66.6 Å². The molecule has 0 spiro atoms. The van der Waals surface area contributed by atoms with Gasteiger partial charge in [-0.15, -0.1) is 0 Å². The molecule has 0 radical (unpaired) electrons. The number of nitrogens with zero attached hydrogens (tertiary/aromatic N) is 1. The van der Waals surface area contributed by atoms with Crippen LogP contribution in [0.25, 0.3) is 0 Å². The molecule has 1 atom stereocenters. The minimum atomic E-state index is -0.955. The van der Waals surface area contributed by atoms with Crippen molar-refractivity contribution in [1.29, 1.82) is 0 Å². The molecule has 5 heteroatoms. The third-order valence-electron chi connectivity index (χ3n) is 3.13. The highest BCUT2D eigenvalue weighted by molar-refractivity contribution is 5.85. The van der Waals surface area contributed by atoms with E-state index in [4.69, 9.17) is 9.84 Å². The minimum Gasteiger partial charge on any atom is -0.480 e. The van der Waals surface area contributed by atoms with Crippen LogP contribution in [0.5, 0.6) is 0 Å². The molecule has 1 heterocycles. The predicted octanol–water partition coefficient (Wildman–Crippen LogP) is 1.22. The smallest absolute Gasteiger partial charge is 0.411 e. The molecule has 1 N–H and O–H groups in total. The zero-order chi connectivity index (χ0) is 11.1. The van der Waals surface area contributed by atoms with E-state index in [2.05, 4.69) is 0 Å². The van der Waals surface area contributed by atoms with Crippen molar-refractivity contribution in [1.82, 2.24) is 4.90 Å². The number of carbonyl (C=O) groups is 2. The van der Waals surface area contributed by atoms with Crippen molar-refractivity contribution in [3.8, 4) is 0 Å². The first-order valence-corrected chi connectivity index (χ1v) is 5.24. The van der Waals surface area contributed by atoms with Crippen molar-refractivity contribution < 1.29 is 19.4 Å². The fourth-order valence-electron chi connectivity index (χ4n) is 2.05. The first-order valence-electron chi connectivity index (χ1n) is 5.24. The molecule has 1 unspecified atom stereocenters. The lowest BCUT2D eigenvalue weighted by Crippen LogP contribution is -2.31. The zero-order valence-electron chi connectivity index (χ0n) is 8.73. The maximum atomic E-state index is 11.5. The largest absolute Gasteiger partial charge is 0.480 e. The van der Waals surface area contributed by atoms with Crippen LogP contribution in [0.1, 0.15) is 32.6 Å². The normalized spacial score (nSPS) is 27.5. The minimum absolute atomic E-state index is 0.282. The van der Waals surface area contributed by atoms with Crippen molar-refractivity contribution in [3.63, 3.8) is 0 Å². The third-order valence-corrected chi connectivity index (χ3v) is 3.13. The van der Waals surface area contributed by atoms with E-state index in [-0.39, 0.29) is 12.1 Å². The summed E-state index contributed by atoms with van der Waals surface area (Å²) in [5.41, 5.74) is -0.372. The fraction of sp³-hybridized carbons (Fsp3) is 0.800. The van der Waals surface area contributed by atoms with E-state index < -0.39 is 18.1 Å². The van der Waals surface area contributed by atoms with Crippen molar-refractivity contribution >= 4 is 12.1 Å². The zero-order valence-corrected chi connectivity index (χ0v) is 8.73. The number of carboxylic acids is 1. The molecule has 5 nitrogen and oxygen atoms in total. The average Bonchev–Trinajstić information content (AvgIpc) is 2.85. The number of rotatable bonds is 2. The summed E-state index contributed by atoms with van der Waals surface area (Å²) in [6.07, 6.45) is 3.43. The van der Waals surface area contributed by atoms with Gasteiger partial charge in [0.05, 0.1) is 6.54 Å². The molecule has 2 rings (SSSR count). The van der Waals surface area contributed by atoms with Gasteiger partial charge >= 0.3 is 12.1 Å². The molecule has 0 aromatic heterocycles. The summed E-state index contributed by atoms with van der Waals surface area (Å²) in [4.78, 5) is 23.3. The van der Waals surface area contributed by atoms with Crippen LogP contribution in [0.2, 0.25) is 0 Å². The molecule has 1 saturated carbocycles. The first kappa shape index (κ1) is 10.3. The van der Waals surface area contributed by atoms with Gasteiger partial charge in [-0.25, -0.2) is 9.59 Å². The highest BCUT2D eigenvalue weighted by atomic mass is 16.6. The quantitative estimate of drug-likeness (QED) is 0.700. The number of carbonyl (C=O) groups excluding carboxylic acids is 1. The van der Waals surface area contributed by atoms with E-state index in [9.17, 15) is 9.59 Å². The van der Waals surface area contributed by atoms with Crippen molar-refractivity contribution in [2.24, 2.45) is 0 Å². The number of ether oxygens (including phenoxy) is 1. The van der Waals surface area contributed by atoms with Gasteiger partial charge in [-0.2, -0.15) is 0 Å². The Morgan fingerprint density at radius 2 is 2.00 bits per heavy atom. The van der Waals surface area contributed by atoms with Gasteiger partial charge in [0.2, 0.25) is 0 Å². The van der Waals surface area contributed by atoms with Gasteiger partial charge in [-0.05, 0) is 32.6 Å². The Hall–Kier alpha value is -1.26. The third kappa shape index (κ3) is 2.06. The van der Waals surface area contributed by atoms with E-state index in [1.54, 1.807) is 0 Å². The second kappa shape index (κ2) is 3.40. The van der Waals surface area contributed by atoms with Crippen LogP contribution >= 0.6 is 0 Å². The van der Waals surface area contributed by atoms with Crippen LogP contribution in [-0.4, -0.2) is 40.3 Å². The standard InChI is InChI=1S/C10H15NO4/c1-10(4-2-3-5-10)15-9(14)11-6-7(11)8(12)13/h7H,2-6H2,1H3,(H,12,13). The number of aliphatic carboxylic acids is 1. The second-order valence-corrected chi connectivity index (χ2v) is 4.53. The Balaban J connectivity index is 1.86. The molecule has 1 amide bonds. The maximum absolute atomic E-state index is 11.5. The SMILES string of the molecule is CC1(OC(=O)N2CC2C(=O)O)CCCC1. The van der Waals surface area contributed by atoms with Gasteiger partial charge in [0.15, 0.2) is 6.04 Å². The van der Waals surface area contributed by atoms with Gasteiger partial charge in [0.1, 0.15) is 5.60 Å². The van der Waals surface area contributed by atoms with E-state index in [0.717, 1.165) is 25.7 Å². The fourth-order valence-corrected chi connectivity index (χ4v) is 2.05. The molecule has 1 aliphatic carbocycles. The number of carboxylic acid groups (broad SMARTS) is 1. The van der Waals surface area contributed by atoms with E-state index in [0.29, 0.717) is 0 Å². The van der Waals surface area contributed by atoms with E-state index >= 15 is 0 Å². The summed E-state index contributed by atoms with van der Waals surface area (Å²) in [6, 6.07) is -0.664. The molecule has 0 aromatic carbocycles. The Labute approximate surface area is 88.0 Å². The van der Waals surface area contributed by atoms with Gasteiger partial charge in [-0.3, -0.25) is 4.90 Å². The van der Waals surface area contributed by atoms with Crippen LogP contribution < -0.4 is 0 Å². The monoisotopic (exact) mass is 213 g/mol. The summed E-state index contributed by atoms with van der Waals surface area (Å²) < 4.78 is 5.33. The number of amides is 1. The van der Waals surface area contributed by atoms with Gasteiger partial charge < -0.3 is 9.84 Å². The highest BCUT2D eigenvalue weighted by Crippen LogP contribution is 2.34. The Morgan fingerprint density at radius 3 is 2.47 bits per heavy atom. The molecule has 1 saturated heterocycles. The molecule has 1 aliphatic heterocycles. The van der Waals surface area contributed by atoms with E-state index in [1.165, 1.54) is 4.90 Å². The van der Waals surface area contributed by atoms with Crippen LogP contribution in [-0.2, 0) is 9.53 Å². The van der Waals surface area contributed by atoms with Gasteiger partial charge in [-0.1, -0.05) is 0 Å². The molecule has 2 aliphatic rings. The summed E-state index contributed by atoms with van der Waals surface area (Å²) in [7, 11) is 0. The lowest BCUT2D eigenvalue weighted by molar-refractivity contribution is -0.137. The summed E-state index contributed by atoms with van der Waals surface area (Å²) in [5, 5.41) is 8.65. The summed E-state index contributed by atoms with van der Waals surface area (Å²) in [5.74, 6) is -0.955. The van der Waals surface area contributed by atoms with Crippen LogP contribution in [0.3, 0.4) is 0 Å². The Kier molecular flexibility index (Phi) is 2.32. The molecule has 0 bridgehead atoms. The van der Waals surface area contributed by atoms with Crippen molar-refractivity contribution in [2.75, 3.05) is 6.54 Å². The predicted molar refractivity (Wildman–Crippen MR) is 51.5 cm³/mol. The molecular formula is C10H15NO4. The van der Waals surface area contributed by atoms with E-state index in [1.807, 2.05) is 6.92 Å². The number of hydrogen-bond donors (Lipinski definition) is 1. The Morgan fingerprint density at radius 1 is 1.40 bits per heavy atom. The van der Waals surface area contributed by atoms with Crippen LogP contribution in [0, 0.1) is 0 Å². The Bertz CT molecular complexity index is 296. The molecule has 84 valence electrons. The molecular weight excluding hydrogens is 198 g/mol. The molecule has 2 fully saturated rings. The first-order chi connectivity index (χ1) is 7.02. The van der Waals surface area contributed by atoms with Crippen LogP contribution in [0.15, 0.2) is 0 Å². The number of hydrogen-bond acceptors (Lipinski definition) is 3. The lowest BCUT2D eigenvalue weighted by atomic mass is 10.1.